The first-order chi connectivity index (χ1) is 13.4. The van der Waals surface area contributed by atoms with E-state index >= 15 is 0 Å². The summed E-state index contributed by atoms with van der Waals surface area (Å²) in [6, 6.07) is 7.16. The molecule has 0 N–H and O–H groups in total. The van der Waals surface area contributed by atoms with E-state index in [1.165, 1.54) is 35.6 Å². The average Bonchev–Trinajstić information content (AvgIpc) is 3.36. The van der Waals surface area contributed by atoms with Crippen molar-refractivity contribution in [1.82, 2.24) is 19.3 Å². The van der Waals surface area contributed by atoms with Crippen LogP contribution in [0.2, 0.25) is 0 Å². The number of Topliss-reactive ketones (excluding diaryl/α,β-unsaturated/α-hetero) is 1. The van der Waals surface area contributed by atoms with Crippen molar-refractivity contribution in [3.05, 3.63) is 75.2 Å². The van der Waals surface area contributed by atoms with Crippen LogP contribution in [0.15, 0.2) is 51.1 Å². The zero-order valence-electron chi connectivity index (χ0n) is 15.0. The third-order valence-electron chi connectivity index (χ3n) is 4.33. The molecule has 0 bridgehead atoms. The number of aryl methyl sites for hydroxylation is 1. The van der Waals surface area contributed by atoms with Gasteiger partial charge in [0.25, 0.3) is 0 Å². The maximum Gasteiger partial charge on any atom is 0.437 e. The van der Waals surface area contributed by atoms with Crippen molar-refractivity contribution in [3.8, 4) is 16.6 Å². The van der Waals surface area contributed by atoms with E-state index in [-0.39, 0.29) is 18.2 Å². The van der Waals surface area contributed by atoms with Crippen molar-refractivity contribution in [2.24, 2.45) is 0 Å². The largest absolute Gasteiger partial charge is 0.437 e. The van der Waals surface area contributed by atoms with Gasteiger partial charge in [-0.05, 0) is 44.2 Å². The Morgan fingerprint density at radius 2 is 2.00 bits per heavy atom. The van der Waals surface area contributed by atoms with Crippen LogP contribution in [0.5, 0.6) is 0 Å². The number of hydrogen-bond acceptors (Lipinski definition) is 6. The predicted octanol–water partition coefficient (Wildman–Crippen LogP) is 3.39. The highest BCUT2D eigenvalue weighted by Crippen LogP contribution is 2.23. The average molecular weight is 398 g/mol. The number of rotatable bonds is 5. The van der Waals surface area contributed by atoms with E-state index in [9.17, 15) is 14.0 Å². The maximum atomic E-state index is 13.1. The Kier molecular flexibility index (Phi) is 4.52. The Hall–Kier alpha value is -3.33. The molecule has 3 heterocycles. The van der Waals surface area contributed by atoms with Crippen LogP contribution in [0.1, 0.15) is 21.7 Å². The number of aromatic nitrogens is 4. The van der Waals surface area contributed by atoms with Gasteiger partial charge in [-0.2, -0.15) is 4.68 Å². The van der Waals surface area contributed by atoms with Gasteiger partial charge in [-0.25, -0.2) is 14.2 Å². The lowest BCUT2D eigenvalue weighted by Crippen LogP contribution is -2.21. The van der Waals surface area contributed by atoms with Crippen LogP contribution < -0.4 is 5.76 Å². The number of carbonyl (C=O) groups excluding carboxylic acids is 1. The highest BCUT2D eigenvalue weighted by atomic mass is 32.1. The minimum absolute atomic E-state index is 0.0334. The molecule has 3 aromatic heterocycles. The zero-order chi connectivity index (χ0) is 19.8. The van der Waals surface area contributed by atoms with Gasteiger partial charge in [-0.3, -0.25) is 9.36 Å². The molecule has 0 aliphatic carbocycles. The quantitative estimate of drug-likeness (QED) is 0.481. The summed E-state index contributed by atoms with van der Waals surface area (Å²) in [4.78, 5) is 29.2. The lowest BCUT2D eigenvalue weighted by atomic mass is 10.1. The van der Waals surface area contributed by atoms with E-state index in [1.54, 1.807) is 12.3 Å². The Morgan fingerprint density at radius 3 is 2.68 bits per heavy atom. The molecule has 0 aliphatic heterocycles. The number of thiazole rings is 1. The predicted molar refractivity (Wildman–Crippen MR) is 101 cm³/mol. The van der Waals surface area contributed by atoms with Crippen LogP contribution >= 0.6 is 11.3 Å². The summed E-state index contributed by atoms with van der Waals surface area (Å²) in [7, 11) is 0. The van der Waals surface area contributed by atoms with E-state index in [0.717, 1.165) is 21.2 Å². The highest BCUT2D eigenvalue weighted by Gasteiger charge is 2.20. The maximum absolute atomic E-state index is 13.1. The molecule has 142 valence electrons. The van der Waals surface area contributed by atoms with Crippen molar-refractivity contribution < 1.29 is 13.6 Å². The Morgan fingerprint density at radius 1 is 1.25 bits per heavy atom. The first-order valence-corrected chi connectivity index (χ1v) is 9.28. The van der Waals surface area contributed by atoms with Crippen LogP contribution in [0.25, 0.3) is 16.6 Å². The van der Waals surface area contributed by atoms with Crippen molar-refractivity contribution >= 4 is 17.1 Å². The summed E-state index contributed by atoms with van der Waals surface area (Å²) in [5.74, 6) is -1.39. The SMILES string of the molecule is Cc1cc(C(=O)Cn2nc(-c3ccc(F)cc3)oc2=O)c(C)n1-c1nccs1. The topological polar surface area (TPSA) is 82.9 Å². The third kappa shape index (κ3) is 3.20. The molecule has 0 aliphatic rings. The molecule has 28 heavy (non-hydrogen) atoms. The molecule has 0 amide bonds. The summed E-state index contributed by atoms with van der Waals surface area (Å²) >= 11 is 1.47. The van der Waals surface area contributed by atoms with Gasteiger partial charge in [-0.15, -0.1) is 16.4 Å². The first kappa shape index (κ1) is 18.1. The Balaban J connectivity index is 1.62. The molecule has 0 fully saturated rings. The Bertz CT molecular complexity index is 1200. The summed E-state index contributed by atoms with van der Waals surface area (Å²) < 4.78 is 21.0. The molecular weight excluding hydrogens is 383 g/mol. The van der Waals surface area contributed by atoms with E-state index in [2.05, 4.69) is 10.1 Å². The fourth-order valence-electron chi connectivity index (χ4n) is 3.00. The lowest BCUT2D eigenvalue weighted by Gasteiger charge is -2.05. The van der Waals surface area contributed by atoms with Gasteiger partial charge >= 0.3 is 5.76 Å². The smallest absolute Gasteiger partial charge is 0.388 e. The zero-order valence-corrected chi connectivity index (χ0v) is 15.9. The minimum Gasteiger partial charge on any atom is -0.388 e. The first-order valence-electron chi connectivity index (χ1n) is 8.40. The van der Waals surface area contributed by atoms with Gasteiger partial charge < -0.3 is 4.42 Å². The Labute approximate surface area is 162 Å². The number of carbonyl (C=O) groups is 1. The summed E-state index contributed by atoms with van der Waals surface area (Å²) in [6.45, 7) is 3.46. The molecule has 9 heteroatoms. The molecule has 7 nitrogen and oxygen atoms in total. The van der Waals surface area contributed by atoms with Crippen LogP contribution in [-0.4, -0.2) is 25.1 Å². The van der Waals surface area contributed by atoms with E-state index in [0.29, 0.717) is 11.1 Å². The summed E-state index contributed by atoms with van der Waals surface area (Å²) in [6.07, 6.45) is 1.70. The fraction of sp³-hybridized carbons (Fsp3) is 0.158. The van der Waals surface area contributed by atoms with E-state index in [1.807, 2.05) is 23.8 Å². The van der Waals surface area contributed by atoms with Crippen molar-refractivity contribution in [2.45, 2.75) is 20.4 Å². The number of ketones is 1. The third-order valence-corrected chi connectivity index (χ3v) is 5.09. The molecule has 0 saturated carbocycles. The summed E-state index contributed by atoms with van der Waals surface area (Å²) in [5.41, 5.74) is 2.56. The van der Waals surface area contributed by atoms with E-state index in [4.69, 9.17) is 4.42 Å². The molecule has 0 spiro atoms. The molecule has 0 atom stereocenters. The van der Waals surface area contributed by atoms with Gasteiger partial charge in [0.1, 0.15) is 12.4 Å². The molecule has 4 aromatic rings. The van der Waals surface area contributed by atoms with Crippen LogP contribution in [0.3, 0.4) is 0 Å². The van der Waals surface area contributed by atoms with Gasteiger partial charge in [0.15, 0.2) is 10.9 Å². The van der Waals surface area contributed by atoms with Crippen molar-refractivity contribution in [3.63, 3.8) is 0 Å². The monoisotopic (exact) mass is 398 g/mol. The molecule has 4 rings (SSSR count). The van der Waals surface area contributed by atoms with E-state index < -0.39 is 11.6 Å². The van der Waals surface area contributed by atoms with Gasteiger partial charge in [0.2, 0.25) is 5.89 Å². The second-order valence-corrected chi connectivity index (χ2v) is 7.07. The standard InChI is InChI=1S/C19H15FN4O3S/c1-11-9-15(12(2)24(11)18-21-7-8-28-18)16(25)10-23-19(26)27-17(22-23)13-3-5-14(20)6-4-13/h3-9H,10H2,1-2H3. The van der Waals surface area contributed by atoms with Crippen molar-refractivity contribution in [2.75, 3.05) is 0 Å². The molecule has 0 unspecified atom stereocenters. The fourth-order valence-corrected chi connectivity index (χ4v) is 3.75. The van der Waals surface area contributed by atoms with Gasteiger partial charge in [-0.1, -0.05) is 0 Å². The highest BCUT2D eigenvalue weighted by molar-refractivity contribution is 7.12. The van der Waals surface area contributed by atoms with Crippen molar-refractivity contribution in [1.29, 1.82) is 0 Å². The summed E-state index contributed by atoms with van der Waals surface area (Å²) in [5, 5.41) is 6.69. The number of halogens is 1. The normalized spacial score (nSPS) is 11.1. The van der Waals surface area contributed by atoms with Crippen LogP contribution in [0, 0.1) is 19.7 Å². The molecular formula is C19H15FN4O3S. The molecule has 1 aromatic carbocycles. The second-order valence-electron chi connectivity index (χ2n) is 6.20. The number of hydrogen-bond donors (Lipinski definition) is 0. The second kappa shape index (κ2) is 7.01. The molecule has 0 radical (unpaired) electrons. The van der Waals surface area contributed by atoms with Crippen LogP contribution in [-0.2, 0) is 6.54 Å². The lowest BCUT2D eigenvalue weighted by molar-refractivity contribution is 0.0964. The van der Waals surface area contributed by atoms with Gasteiger partial charge in [0.05, 0.1) is 0 Å². The minimum atomic E-state index is -0.749. The number of nitrogens with zero attached hydrogens (tertiary/aromatic N) is 4. The molecule has 0 saturated heterocycles. The van der Waals surface area contributed by atoms with Crippen LogP contribution in [0.4, 0.5) is 4.39 Å². The van der Waals surface area contributed by atoms with Gasteiger partial charge in [0, 0.05) is 34.1 Å². The number of benzene rings is 1.